The monoisotopic (exact) mass is 323 g/mol. The summed E-state index contributed by atoms with van der Waals surface area (Å²) < 4.78 is 0. The molecule has 0 saturated heterocycles. The summed E-state index contributed by atoms with van der Waals surface area (Å²) in [5, 5.41) is 6.39. The van der Waals surface area contributed by atoms with Crippen molar-refractivity contribution < 1.29 is 4.79 Å². The second-order valence-electron chi connectivity index (χ2n) is 6.87. The van der Waals surface area contributed by atoms with Crippen LogP contribution in [0.2, 0.25) is 0 Å². The van der Waals surface area contributed by atoms with Crippen molar-refractivity contribution in [3.8, 4) is 0 Å². The number of hydrogen-bond acceptors (Lipinski definition) is 3. The summed E-state index contributed by atoms with van der Waals surface area (Å²) >= 11 is 0. The molecule has 1 aliphatic rings. The minimum atomic E-state index is -0.173. The summed E-state index contributed by atoms with van der Waals surface area (Å²) in [5.41, 5.74) is 4.37. The van der Waals surface area contributed by atoms with E-state index in [0.29, 0.717) is 12.5 Å². The normalized spacial score (nSPS) is 17.3. The molecule has 0 saturated carbocycles. The van der Waals surface area contributed by atoms with Gasteiger partial charge in [-0.1, -0.05) is 38.1 Å². The van der Waals surface area contributed by atoms with Crippen LogP contribution >= 0.6 is 0 Å². The Labute approximate surface area is 143 Å². The number of fused-ring (bicyclic) bond motifs is 1. The summed E-state index contributed by atoms with van der Waals surface area (Å²) in [6.07, 6.45) is 4.62. The van der Waals surface area contributed by atoms with Gasteiger partial charge >= 0.3 is 0 Å². The van der Waals surface area contributed by atoms with Crippen LogP contribution in [0, 0.1) is 5.92 Å². The fourth-order valence-electron chi connectivity index (χ4n) is 3.05. The van der Waals surface area contributed by atoms with Crippen molar-refractivity contribution >= 4 is 11.6 Å². The minimum absolute atomic E-state index is 0.0457. The smallest absolute Gasteiger partial charge is 0.241 e. The molecule has 1 unspecified atom stereocenters. The van der Waals surface area contributed by atoms with Crippen LogP contribution in [0.3, 0.4) is 0 Å². The van der Waals surface area contributed by atoms with Crippen molar-refractivity contribution in [1.29, 1.82) is 0 Å². The number of amides is 1. The Balaban J connectivity index is 1.58. The first-order valence-corrected chi connectivity index (χ1v) is 8.68. The van der Waals surface area contributed by atoms with Crippen LogP contribution in [0.1, 0.15) is 37.1 Å². The first-order valence-electron chi connectivity index (χ1n) is 8.68. The number of aryl methyl sites for hydroxylation is 1. The first-order chi connectivity index (χ1) is 11.6. The van der Waals surface area contributed by atoms with Gasteiger partial charge in [-0.3, -0.25) is 9.78 Å². The lowest BCUT2D eigenvalue weighted by Gasteiger charge is -2.15. The zero-order valence-electron chi connectivity index (χ0n) is 14.4. The molecule has 0 radical (unpaired) electrons. The number of para-hydroxylation sites is 1. The largest absolute Gasteiger partial charge is 0.324 e. The van der Waals surface area contributed by atoms with E-state index in [9.17, 15) is 4.79 Å². The van der Waals surface area contributed by atoms with Crippen molar-refractivity contribution in [2.75, 3.05) is 5.32 Å². The molecule has 0 fully saturated rings. The van der Waals surface area contributed by atoms with Gasteiger partial charge < -0.3 is 10.6 Å². The van der Waals surface area contributed by atoms with E-state index >= 15 is 0 Å². The Morgan fingerprint density at radius 2 is 2.08 bits per heavy atom. The standard InChI is InChI=1S/C20H25N3O/c1-14(2)11-17-9-7-15(12-21-17)13-22-19-10-8-16-5-3-4-6-18(16)23-20(19)24/h3-7,9,12,14,19,22H,8,10-11,13H2,1-2H3,(H,23,24). The Morgan fingerprint density at radius 1 is 1.25 bits per heavy atom. The predicted octanol–water partition coefficient (Wildman–Crippen LogP) is 3.32. The highest BCUT2D eigenvalue weighted by Gasteiger charge is 2.22. The van der Waals surface area contributed by atoms with Gasteiger partial charge in [0.05, 0.1) is 6.04 Å². The third-order valence-corrected chi connectivity index (χ3v) is 4.35. The molecule has 0 aliphatic carbocycles. The highest BCUT2D eigenvalue weighted by molar-refractivity contribution is 5.96. The molecular weight excluding hydrogens is 298 g/mol. The van der Waals surface area contributed by atoms with Gasteiger partial charge in [0.15, 0.2) is 0 Å². The lowest BCUT2D eigenvalue weighted by molar-refractivity contribution is -0.118. The van der Waals surface area contributed by atoms with Gasteiger partial charge in [0.2, 0.25) is 5.91 Å². The van der Waals surface area contributed by atoms with E-state index in [2.05, 4.69) is 47.7 Å². The van der Waals surface area contributed by atoms with E-state index in [1.165, 1.54) is 5.56 Å². The minimum Gasteiger partial charge on any atom is -0.324 e. The van der Waals surface area contributed by atoms with Gasteiger partial charge in [0.25, 0.3) is 0 Å². The summed E-state index contributed by atoms with van der Waals surface area (Å²) in [6, 6.07) is 12.0. The Kier molecular flexibility index (Phi) is 5.26. The van der Waals surface area contributed by atoms with E-state index < -0.39 is 0 Å². The van der Waals surface area contributed by atoms with Gasteiger partial charge in [-0.15, -0.1) is 0 Å². The van der Waals surface area contributed by atoms with E-state index in [0.717, 1.165) is 36.2 Å². The lowest BCUT2D eigenvalue weighted by atomic mass is 10.1. The fraction of sp³-hybridized carbons (Fsp3) is 0.400. The lowest BCUT2D eigenvalue weighted by Crippen LogP contribution is -2.39. The zero-order chi connectivity index (χ0) is 16.9. The van der Waals surface area contributed by atoms with Gasteiger partial charge in [-0.2, -0.15) is 0 Å². The Hall–Kier alpha value is -2.20. The average molecular weight is 323 g/mol. The van der Waals surface area contributed by atoms with Crippen molar-refractivity contribution in [3.63, 3.8) is 0 Å². The summed E-state index contributed by atoms with van der Waals surface area (Å²) in [6.45, 7) is 5.04. The second kappa shape index (κ2) is 7.58. The number of aromatic nitrogens is 1. The molecule has 0 spiro atoms. The number of hydrogen-bond donors (Lipinski definition) is 2. The zero-order valence-corrected chi connectivity index (χ0v) is 14.4. The van der Waals surface area contributed by atoms with Crippen LogP contribution < -0.4 is 10.6 Å². The Bertz CT molecular complexity index is 694. The second-order valence-corrected chi connectivity index (χ2v) is 6.87. The number of nitrogens with zero attached hydrogens (tertiary/aromatic N) is 1. The molecule has 24 heavy (non-hydrogen) atoms. The highest BCUT2D eigenvalue weighted by Crippen LogP contribution is 2.21. The average Bonchev–Trinajstić information content (AvgIpc) is 2.72. The number of carbonyl (C=O) groups excluding carboxylic acids is 1. The maximum absolute atomic E-state index is 12.4. The molecule has 1 amide bonds. The van der Waals surface area contributed by atoms with Crippen molar-refractivity contribution in [2.24, 2.45) is 5.92 Å². The molecule has 4 nitrogen and oxygen atoms in total. The number of rotatable bonds is 5. The molecule has 126 valence electrons. The molecular formula is C20H25N3O. The molecule has 1 aromatic heterocycles. The molecule has 2 heterocycles. The molecule has 1 atom stereocenters. The number of anilines is 1. The van der Waals surface area contributed by atoms with Crippen LogP contribution in [0.5, 0.6) is 0 Å². The fourth-order valence-corrected chi connectivity index (χ4v) is 3.05. The van der Waals surface area contributed by atoms with Gasteiger partial charge in [-0.25, -0.2) is 0 Å². The number of nitrogens with one attached hydrogen (secondary N) is 2. The van der Waals surface area contributed by atoms with Crippen LogP contribution in [0.15, 0.2) is 42.6 Å². The van der Waals surface area contributed by atoms with Gasteiger partial charge in [-0.05, 0) is 48.4 Å². The van der Waals surface area contributed by atoms with E-state index in [1.54, 1.807) is 0 Å². The SMILES string of the molecule is CC(C)Cc1ccc(CNC2CCc3ccccc3NC2=O)cn1. The van der Waals surface area contributed by atoms with E-state index in [1.807, 2.05) is 24.4 Å². The summed E-state index contributed by atoms with van der Waals surface area (Å²) in [7, 11) is 0. The molecule has 4 heteroatoms. The van der Waals surface area contributed by atoms with E-state index in [-0.39, 0.29) is 11.9 Å². The molecule has 3 rings (SSSR count). The van der Waals surface area contributed by atoms with Crippen LogP contribution in [-0.4, -0.2) is 16.9 Å². The third kappa shape index (κ3) is 4.20. The van der Waals surface area contributed by atoms with Gasteiger partial charge in [0, 0.05) is 24.1 Å². The Morgan fingerprint density at radius 3 is 2.83 bits per heavy atom. The molecule has 0 bridgehead atoms. The van der Waals surface area contributed by atoms with E-state index in [4.69, 9.17) is 0 Å². The predicted molar refractivity (Wildman–Crippen MR) is 96.8 cm³/mol. The molecule has 2 N–H and O–H groups in total. The summed E-state index contributed by atoms with van der Waals surface area (Å²) in [5.74, 6) is 0.655. The van der Waals surface area contributed by atoms with Crippen LogP contribution in [0.25, 0.3) is 0 Å². The maximum Gasteiger partial charge on any atom is 0.241 e. The highest BCUT2D eigenvalue weighted by atomic mass is 16.2. The molecule has 1 aromatic carbocycles. The number of carbonyl (C=O) groups is 1. The van der Waals surface area contributed by atoms with Gasteiger partial charge in [0.1, 0.15) is 0 Å². The molecule has 2 aromatic rings. The first kappa shape index (κ1) is 16.7. The number of pyridine rings is 1. The van der Waals surface area contributed by atoms with Crippen LogP contribution in [0.4, 0.5) is 5.69 Å². The van der Waals surface area contributed by atoms with Crippen molar-refractivity contribution in [2.45, 2.75) is 45.7 Å². The van der Waals surface area contributed by atoms with Crippen LogP contribution in [-0.2, 0) is 24.2 Å². The van der Waals surface area contributed by atoms with Crippen molar-refractivity contribution in [1.82, 2.24) is 10.3 Å². The third-order valence-electron chi connectivity index (χ3n) is 4.35. The maximum atomic E-state index is 12.4. The van der Waals surface area contributed by atoms with Crippen molar-refractivity contribution in [3.05, 3.63) is 59.4 Å². The number of benzene rings is 1. The molecule has 1 aliphatic heterocycles. The topological polar surface area (TPSA) is 54.0 Å². The quantitative estimate of drug-likeness (QED) is 0.887. The summed E-state index contributed by atoms with van der Waals surface area (Å²) in [4.78, 5) is 16.9.